The van der Waals surface area contributed by atoms with Gasteiger partial charge in [-0.25, -0.2) is 4.98 Å². The molecule has 0 bridgehead atoms. The number of rotatable bonds is 6. The quantitative estimate of drug-likeness (QED) is 0.867. The third-order valence-corrected chi connectivity index (χ3v) is 3.78. The van der Waals surface area contributed by atoms with Crippen LogP contribution in [0, 0.1) is 11.3 Å². The number of amides is 1. The van der Waals surface area contributed by atoms with Crippen molar-refractivity contribution in [3.05, 3.63) is 29.6 Å². The number of hydrogen-bond acceptors (Lipinski definition) is 4. The van der Waals surface area contributed by atoms with Crippen molar-refractivity contribution in [1.82, 2.24) is 15.2 Å². The van der Waals surface area contributed by atoms with Crippen LogP contribution in [0.15, 0.2) is 18.3 Å². The molecular formula is C16H22N4O. The van der Waals surface area contributed by atoms with Crippen LogP contribution in [0.25, 0.3) is 0 Å². The highest BCUT2D eigenvalue weighted by Gasteiger charge is 2.22. The van der Waals surface area contributed by atoms with E-state index in [1.807, 2.05) is 11.0 Å². The smallest absolute Gasteiger partial charge is 0.272 e. The normalized spacial score (nSPS) is 17.4. The number of carbonyl (C=O) groups is 1. The van der Waals surface area contributed by atoms with Gasteiger partial charge in [0.05, 0.1) is 5.56 Å². The van der Waals surface area contributed by atoms with Crippen molar-refractivity contribution in [2.45, 2.75) is 38.6 Å². The third-order valence-electron chi connectivity index (χ3n) is 3.78. The van der Waals surface area contributed by atoms with Crippen LogP contribution in [-0.4, -0.2) is 41.5 Å². The first kappa shape index (κ1) is 15.5. The molecule has 0 saturated carbocycles. The van der Waals surface area contributed by atoms with Crippen molar-refractivity contribution in [2.75, 3.05) is 19.6 Å². The van der Waals surface area contributed by atoms with Gasteiger partial charge < -0.3 is 10.2 Å². The summed E-state index contributed by atoms with van der Waals surface area (Å²) in [5.41, 5.74) is 0.896. The lowest BCUT2D eigenvalue weighted by atomic mass is 10.2. The second-order valence-electron chi connectivity index (χ2n) is 5.44. The summed E-state index contributed by atoms with van der Waals surface area (Å²) >= 11 is 0. The van der Waals surface area contributed by atoms with Crippen LogP contribution in [0.3, 0.4) is 0 Å². The molecule has 1 aliphatic heterocycles. The first-order chi connectivity index (χ1) is 10.2. The van der Waals surface area contributed by atoms with Gasteiger partial charge in [-0.15, -0.1) is 0 Å². The van der Waals surface area contributed by atoms with Crippen LogP contribution in [-0.2, 0) is 0 Å². The van der Waals surface area contributed by atoms with Gasteiger partial charge in [-0.1, -0.05) is 13.3 Å². The fourth-order valence-electron chi connectivity index (χ4n) is 2.55. The number of pyridine rings is 1. The Morgan fingerprint density at radius 1 is 1.57 bits per heavy atom. The number of nitrogens with one attached hydrogen (secondary N) is 1. The van der Waals surface area contributed by atoms with Gasteiger partial charge in [0.15, 0.2) is 0 Å². The minimum atomic E-state index is -0.0401. The van der Waals surface area contributed by atoms with E-state index in [0.717, 1.165) is 38.9 Å². The Balaban J connectivity index is 2.06. The predicted molar refractivity (Wildman–Crippen MR) is 80.8 cm³/mol. The fraction of sp³-hybridized carbons (Fsp3) is 0.562. The Kier molecular flexibility index (Phi) is 5.70. The Hall–Kier alpha value is -1.93. The largest absolute Gasteiger partial charge is 0.336 e. The van der Waals surface area contributed by atoms with Crippen molar-refractivity contribution in [3.8, 4) is 6.07 Å². The number of aromatic nitrogens is 1. The van der Waals surface area contributed by atoms with Gasteiger partial charge in [0.2, 0.25) is 0 Å². The molecule has 5 heteroatoms. The molecule has 0 radical (unpaired) electrons. The molecule has 1 saturated heterocycles. The lowest BCUT2D eigenvalue weighted by Gasteiger charge is -2.25. The third kappa shape index (κ3) is 4.27. The van der Waals surface area contributed by atoms with Crippen molar-refractivity contribution in [1.29, 1.82) is 5.26 Å². The number of nitrogens with zero attached hydrogens (tertiary/aromatic N) is 3. The zero-order chi connectivity index (χ0) is 15.1. The highest BCUT2D eigenvalue weighted by molar-refractivity contribution is 5.92. The topological polar surface area (TPSA) is 69.0 Å². The van der Waals surface area contributed by atoms with Gasteiger partial charge in [0.25, 0.3) is 5.91 Å². The molecule has 1 aromatic rings. The molecule has 2 rings (SSSR count). The number of carbonyl (C=O) groups excluding carboxylic acids is 1. The highest BCUT2D eigenvalue weighted by Crippen LogP contribution is 2.11. The summed E-state index contributed by atoms with van der Waals surface area (Å²) < 4.78 is 0. The van der Waals surface area contributed by atoms with Crippen LogP contribution >= 0.6 is 0 Å². The maximum Gasteiger partial charge on any atom is 0.272 e. The highest BCUT2D eigenvalue weighted by atomic mass is 16.2. The van der Waals surface area contributed by atoms with Crippen molar-refractivity contribution in [3.63, 3.8) is 0 Å². The van der Waals surface area contributed by atoms with E-state index in [4.69, 9.17) is 5.26 Å². The zero-order valence-electron chi connectivity index (χ0n) is 12.5. The van der Waals surface area contributed by atoms with E-state index in [9.17, 15) is 4.79 Å². The first-order valence-electron chi connectivity index (χ1n) is 7.63. The van der Waals surface area contributed by atoms with Gasteiger partial charge in [0, 0.05) is 25.3 Å². The minimum absolute atomic E-state index is 0.0401. The van der Waals surface area contributed by atoms with Gasteiger partial charge in [0.1, 0.15) is 11.8 Å². The summed E-state index contributed by atoms with van der Waals surface area (Å²) in [4.78, 5) is 18.6. The molecule has 5 nitrogen and oxygen atoms in total. The SMILES string of the molecule is CCCCN(CC1CCCN1)C(=O)c1ccc(C#N)cn1. The Bertz CT molecular complexity index is 500. The summed E-state index contributed by atoms with van der Waals surface area (Å²) in [6.45, 7) is 4.65. The van der Waals surface area contributed by atoms with E-state index in [2.05, 4.69) is 17.2 Å². The van der Waals surface area contributed by atoms with Crippen LogP contribution in [0.4, 0.5) is 0 Å². The van der Waals surface area contributed by atoms with E-state index in [0.29, 0.717) is 17.3 Å². The Morgan fingerprint density at radius 2 is 2.43 bits per heavy atom. The van der Waals surface area contributed by atoms with Crippen LogP contribution in [0.1, 0.15) is 48.7 Å². The maximum atomic E-state index is 12.6. The molecule has 0 aliphatic carbocycles. The van der Waals surface area contributed by atoms with Gasteiger partial charge in [-0.05, 0) is 37.9 Å². The van der Waals surface area contributed by atoms with Crippen molar-refractivity contribution in [2.24, 2.45) is 0 Å². The lowest BCUT2D eigenvalue weighted by molar-refractivity contribution is 0.0733. The average molecular weight is 286 g/mol. The summed E-state index contributed by atoms with van der Waals surface area (Å²) in [6.07, 6.45) is 5.81. The van der Waals surface area contributed by atoms with E-state index in [-0.39, 0.29) is 5.91 Å². The first-order valence-corrected chi connectivity index (χ1v) is 7.63. The van der Waals surface area contributed by atoms with Crippen LogP contribution in [0.2, 0.25) is 0 Å². The number of nitriles is 1. The second kappa shape index (κ2) is 7.75. The molecule has 1 aliphatic rings. The number of hydrogen-bond donors (Lipinski definition) is 1. The average Bonchev–Trinajstić information content (AvgIpc) is 3.04. The summed E-state index contributed by atoms with van der Waals surface area (Å²) in [7, 11) is 0. The van der Waals surface area contributed by atoms with E-state index in [1.54, 1.807) is 12.1 Å². The molecule has 0 aromatic carbocycles. The molecule has 1 aromatic heterocycles. The second-order valence-corrected chi connectivity index (χ2v) is 5.44. The lowest BCUT2D eigenvalue weighted by Crippen LogP contribution is -2.41. The molecule has 2 heterocycles. The summed E-state index contributed by atoms with van der Waals surface area (Å²) in [5, 5.41) is 12.2. The van der Waals surface area contributed by atoms with Crippen LogP contribution in [0.5, 0.6) is 0 Å². The molecule has 112 valence electrons. The Morgan fingerprint density at radius 3 is 3.00 bits per heavy atom. The molecule has 21 heavy (non-hydrogen) atoms. The fourth-order valence-corrected chi connectivity index (χ4v) is 2.55. The predicted octanol–water partition coefficient (Wildman–Crippen LogP) is 1.95. The van der Waals surface area contributed by atoms with E-state index >= 15 is 0 Å². The molecular weight excluding hydrogens is 264 g/mol. The Labute approximate surface area is 126 Å². The standard InChI is InChI=1S/C16H22N4O/c1-2-3-9-20(12-14-5-4-8-18-14)16(21)15-7-6-13(10-17)11-19-15/h6-7,11,14,18H,2-5,8-9,12H2,1H3. The van der Waals surface area contributed by atoms with E-state index < -0.39 is 0 Å². The van der Waals surface area contributed by atoms with Gasteiger partial charge in [-0.3, -0.25) is 4.79 Å². The van der Waals surface area contributed by atoms with Gasteiger partial charge >= 0.3 is 0 Å². The summed E-state index contributed by atoms with van der Waals surface area (Å²) in [5.74, 6) is -0.0401. The molecule has 1 fully saturated rings. The molecule has 1 N–H and O–H groups in total. The van der Waals surface area contributed by atoms with Crippen LogP contribution < -0.4 is 5.32 Å². The summed E-state index contributed by atoms with van der Waals surface area (Å²) in [6, 6.07) is 5.70. The molecule has 1 amide bonds. The maximum absolute atomic E-state index is 12.6. The zero-order valence-corrected chi connectivity index (χ0v) is 12.5. The molecule has 1 atom stereocenters. The monoisotopic (exact) mass is 286 g/mol. The molecule has 1 unspecified atom stereocenters. The molecule has 0 spiro atoms. The van der Waals surface area contributed by atoms with Crippen molar-refractivity contribution < 1.29 is 4.79 Å². The van der Waals surface area contributed by atoms with Gasteiger partial charge in [-0.2, -0.15) is 5.26 Å². The number of unbranched alkanes of at least 4 members (excludes halogenated alkanes) is 1. The minimum Gasteiger partial charge on any atom is -0.336 e. The van der Waals surface area contributed by atoms with Crippen molar-refractivity contribution >= 4 is 5.91 Å². The van der Waals surface area contributed by atoms with E-state index in [1.165, 1.54) is 12.6 Å².